The van der Waals surface area contributed by atoms with Crippen LogP contribution in [-0.4, -0.2) is 10.9 Å². The number of hydrogen-bond donors (Lipinski definition) is 0. The van der Waals surface area contributed by atoms with Gasteiger partial charge >= 0.3 is 0 Å². The molecular formula is C17H11FN2O2S2. The summed E-state index contributed by atoms with van der Waals surface area (Å²) in [4.78, 5) is 19.5. The Morgan fingerprint density at radius 2 is 2.17 bits per heavy atom. The van der Waals surface area contributed by atoms with E-state index in [1.165, 1.54) is 34.8 Å². The molecule has 0 spiro atoms. The molecule has 120 valence electrons. The van der Waals surface area contributed by atoms with Gasteiger partial charge in [0, 0.05) is 0 Å². The highest BCUT2D eigenvalue weighted by molar-refractivity contribution is 7.22. The average molecular weight is 358 g/mol. The van der Waals surface area contributed by atoms with E-state index in [-0.39, 0.29) is 18.3 Å². The number of amides is 1. The van der Waals surface area contributed by atoms with Crippen molar-refractivity contribution in [2.24, 2.45) is 0 Å². The highest BCUT2D eigenvalue weighted by atomic mass is 32.1. The van der Waals surface area contributed by atoms with Crippen LogP contribution in [0.1, 0.15) is 15.4 Å². The summed E-state index contributed by atoms with van der Waals surface area (Å²) in [5.41, 5.74) is 0.667. The van der Waals surface area contributed by atoms with Crippen LogP contribution in [-0.2, 0) is 6.54 Å². The molecule has 1 amide bonds. The highest BCUT2D eigenvalue weighted by Crippen LogP contribution is 2.31. The van der Waals surface area contributed by atoms with Gasteiger partial charge in [0.05, 0.1) is 27.9 Å². The zero-order chi connectivity index (χ0) is 16.5. The van der Waals surface area contributed by atoms with Crippen molar-refractivity contribution in [2.45, 2.75) is 6.54 Å². The lowest BCUT2D eigenvalue weighted by molar-refractivity contribution is 0.0987. The van der Waals surface area contributed by atoms with Gasteiger partial charge in [0.15, 0.2) is 5.13 Å². The fourth-order valence-electron chi connectivity index (χ4n) is 2.32. The van der Waals surface area contributed by atoms with E-state index >= 15 is 0 Å². The molecule has 0 N–H and O–H groups in total. The maximum absolute atomic E-state index is 13.4. The molecule has 24 heavy (non-hydrogen) atoms. The smallest absolute Gasteiger partial charge is 0.270 e. The van der Waals surface area contributed by atoms with Crippen LogP contribution in [0.5, 0.6) is 0 Å². The molecule has 0 atom stereocenters. The van der Waals surface area contributed by atoms with Crippen molar-refractivity contribution in [1.29, 1.82) is 0 Å². The summed E-state index contributed by atoms with van der Waals surface area (Å²) in [5.74, 6) is 0.186. The standard InChI is InChI=1S/C17H11FN2O2S2/c18-11-5-6-13-15(9-11)24-17(19-13)20(10-12-3-1-7-22-12)16(21)14-4-2-8-23-14/h1-9H,10H2. The van der Waals surface area contributed by atoms with Gasteiger partial charge in [-0.1, -0.05) is 17.4 Å². The number of carbonyl (C=O) groups is 1. The zero-order valence-electron chi connectivity index (χ0n) is 12.3. The molecule has 0 aliphatic heterocycles. The van der Waals surface area contributed by atoms with Crippen molar-refractivity contribution in [1.82, 2.24) is 4.98 Å². The van der Waals surface area contributed by atoms with Gasteiger partial charge in [-0.25, -0.2) is 9.37 Å². The average Bonchev–Trinajstić information content (AvgIpc) is 3.31. The van der Waals surface area contributed by atoms with E-state index in [4.69, 9.17) is 4.42 Å². The number of hydrogen-bond acceptors (Lipinski definition) is 5. The monoisotopic (exact) mass is 358 g/mol. The van der Waals surface area contributed by atoms with Gasteiger partial charge in [-0.05, 0) is 41.8 Å². The first-order valence-electron chi connectivity index (χ1n) is 7.14. The number of fused-ring (bicyclic) bond motifs is 1. The van der Waals surface area contributed by atoms with Crippen molar-refractivity contribution >= 4 is 43.9 Å². The Labute approximate surface area is 144 Å². The maximum Gasteiger partial charge on any atom is 0.270 e. The molecule has 0 aliphatic carbocycles. The summed E-state index contributed by atoms with van der Waals surface area (Å²) in [5, 5.41) is 2.37. The minimum atomic E-state index is -0.320. The molecule has 0 saturated heterocycles. The summed E-state index contributed by atoms with van der Waals surface area (Å²) >= 11 is 2.65. The molecule has 0 bridgehead atoms. The van der Waals surface area contributed by atoms with Crippen molar-refractivity contribution in [3.05, 3.63) is 70.6 Å². The third-order valence-corrected chi connectivity index (χ3v) is 5.34. The lowest BCUT2D eigenvalue weighted by atomic mass is 10.3. The summed E-state index contributed by atoms with van der Waals surface area (Å²) in [6.07, 6.45) is 1.57. The van der Waals surface area contributed by atoms with E-state index in [0.717, 1.165) is 0 Å². The first-order chi connectivity index (χ1) is 11.7. The number of furan rings is 1. The Kier molecular flexibility index (Phi) is 3.87. The van der Waals surface area contributed by atoms with E-state index in [0.29, 0.717) is 26.0 Å². The van der Waals surface area contributed by atoms with E-state index < -0.39 is 0 Å². The van der Waals surface area contributed by atoms with Gasteiger partial charge in [0.1, 0.15) is 11.6 Å². The topological polar surface area (TPSA) is 46.3 Å². The van der Waals surface area contributed by atoms with Gasteiger partial charge in [-0.3, -0.25) is 9.69 Å². The van der Waals surface area contributed by atoms with Gasteiger partial charge in [-0.15, -0.1) is 11.3 Å². The first-order valence-corrected chi connectivity index (χ1v) is 8.84. The summed E-state index contributed by atoms with van der Waals surface area (Å²) in [6.45, 7) is 0.270. The quantitative estimate of drug-likeness (QED) is 0.519. The van der Waals surface area contributed by atoms with Gasteiger partial charge in [0.25, 0.3) is 5.91 Å². The number of thiophene rings is 1. The zero-order valence-corrected chi connectivity index (χ0v) is 13.9. The van der Waals surface area contributed by atoms with E-state index in [1.807, 2.05) is 17.5 Å². The molecule has 1 aromatic carbocycles. The predicted octanol–water partition coefficient (Wildman–Crippen LogP) is 4.94. The number of benzene rings is 1. The third-order valence-electron chi connectivity index (χ3n) is 3.44. The van der Waals surface area contributed by atoms with Crippen molar-refractivity contribution < 1.29 is 13.6 Å². The van der Waals surface area contributed by atoms with Gasteiger partial charge in [-0.2, -0.15) is 0 Å². The Morgan fingerprint density at radius 3 is 2.92 bits per heavy atom. The molecule has 0 saturated carbocycles. The molecule has 4 nitrogen and oxygen atoms in total. The minimum Gasteiger partial charge on any atom is -0.467 e. The Balaban J connectivity index is 1.76. The second-order valence-electron chi connectivity index (χ2n) is 5.06. The summed E-state index contributed by atoms with van der Waals surface area (Å²) < 4.78 is 19.5. The van der Waals surface area contributed by atoms with Crippen molar-refractivity contribution in [3.63, 3.8) is 0 Å². The summed E-state index contributed by atoms with van der Waals surface area (Å²) in [7, 11) is 0. The number of anilines is 1. The number of halogens is 1. The van der Waals surface area contributed by atoms with Crippen molar-refractivity contribution in [3.8, 4) is 0 Å². The predicted molar refractivity (Wildman–Crippen MR) is 93.1 cm³/mol. The van der Waals surface area contributed by atoms with Gasteiger partial charge in [0.2, 0.25) is 0 Å². The molecule has 3 heterocycles. The second kappa shape index (κ2) is 6.18. The number of rotatable bonds is 4. The van der Waals surface area contributed by atoms with E-state index in [2.05, 4.69) is 4.98 Å². The fourth-order valence-corrected chi connectivity index (χ4v) is 3.98. The van der Waals surface area contributed by atoms with Crippen LogP contribution < -0.4 is 4.90 Å². The lowest BCUT2D eigenvalue weighted by Gasteiger charge is -2.17. The first kappa shape index (κ1) is 15.0. The third kappa shape index (κ3) is 2.83. The van der Waals surface area contributed by atoms with E-state index in [9.17, 15) is 9.18 Å². The van der Waals surface area contributed by atoms with Crippen LogP contribution in [0, 0.1) is 5.82 Å². The summed E-state index contributed by atoms with van der Waals surface area (Å²) in [6, 6.07) is 11.6. The molecule has 0 unspecified atom stereocenters. The SMILES string of the molecule is O=C(c1cccs1)N(Cc1ccco1)c1nc2ccc(F)cc2s1. The normalized spacial score (nSPS) is 11.0. The second-order valence-corrected chi connectivity index (χ2v) is 7.01. The largest absolute Gasteiger partial charge is 0.467 e. The molecular weight excluding hydrogens is 347 g/mol. The molecule has 4 rings (SSSR count). The van der Waals surface area contributed by atoms with Crippen LogP contribution in [0.3, 0.4) is 0 Å². The van der Waals surface area contributed by atoms with Crippen LogP contribution in [0.15, 0.2) is 58.5 Å². The molecule has 7 heteroatoms. The van der Waals surface area contributed by atoms with Gasteiger partial charge < -0.3 is 4.42 Å². The van der Waals surface area contributed by atoms with E-state index in [1.54, 1.807) is 29.4 Å². The molecule has 4 aromatic rings. The fraction of sp³-hybridized carbons (Fsp3) is 0.0588. The molecule has 0 aliphatic rings. The van der Waals surface area contributed by atoms with Crippen LogP contribution in [0.2, 0.25) is 0 Å². The maximum atomic E-state index is 13.4. The Morgan fingerprint density at radius 1 is 1.25 bits per heavy atom. The molecule has 0 fully saturated rings. The van der Waals surface area contributed by atoms with Crippen LogP contribution in [0.25, 0.3) is 10.2 Å². The Bertz CT molecular complexity index is 978. The number of nitrogens with zero attached hydrogens (tertiary/aromatic N) is 2. The van der Waals surface area contributed by atoms with Crippen LogP contribution in [0.4, 0.5) is 9.52 Å². The number of carbonyl (C=O) groups excluding carboxylic acids is 1. The van der Waals surface area contributed by atoms with Crippen molar-refractivity contribution in [2.75, 3.05) is 4.90 Å². The van der Waals surface area contributed by atoms with Crippen LogP contribution >= 0.6 is 22.7 Å². The minimum absolute atomic E-state index is 0.152. The Hall–Kier alpha value is -2.51. The lowest BCUT2D eigenvalue weighted by Crippen LogP contribution is -2.29. The number of aromatic nitrogens is 1. The molecule has 0 radical (unpaired) electrons. The highest BCUT2D eigenvalue weighted by Gasteiger charge is 2.23. The number of thiazole rings is 1. The molecule has 3 aromatic heterocycles.